The molecule has 2 aliphatic rings. The second-order valence-electron chi connectivity index (χ2n) is 7.10. The van der Waals surface area contributed by atoms with Crippen LogP contribution in [0.3, 0.4) is 0 Å². The van der Waals surface area contributed by atoms with Gasteiger partial charge in [-0.15, -0.1) is 0 Å². The number of carbonyl (C=O) groups excluding carboxylic acids is 2. The van der Waals surface area contributed by atoms with Crippen LogP contribution in [0, 0.1) is 5.92 Å². The number of hydrogen-bond donors (Lipinski definition) is 0. The Labute approximate surface area is 139 Å². The van der Waals surface area contributed by atoms with Gasteiger partial charge in [0, 0.05) is 19.2 Å². The molecule has 2 amide bonds. The van der Waals surface area contributed by atoms with Gasteiger partial charge in [0.1, 0.15) is 0 Å². The summed E-state index contributed by atoms with van der Waals surface area (Å²) in [5.74, 6) is -2.78. The molecule has 2 aliphatic heterocycles. The lowest BCUT2D eigenvalue weighted by Gasteiger charge is -2.40. The number of likely N-dealkylation sites (tertiary alicyclic amines) is 1. The van der Waals surface area contributed by atoms with Crippen molar-refractivity contribution in [1.29, 1.82) is 0 Å². The van der Waals surface area contributed by atoms with Crippen LogP contribution in [0.15, 0.2) is 12.3 Å². The Bertz CT molecular complexity index is 636. The van der Waals surface area contributed by atoms with Crippen molar-refractivity contribution in [2.75, 3.05) is 19.6 Å². The van der Waals surface area contributed by atoms with Crippen LogP contribution < -0.4 is 0 Å². The van der Waals surface area contributed by atoms with Gasteiger partial charge in [0.15, 0.2) is 0 Å². The first-order chi connectivity index (χ1) is 11.2. The van der Waals surface area contributed by atoms with Crippen molar-refractivity contribution in [3.63, 3.8) is 0 Å². The molecule has 132 valence electrons. The molecule has 0 radical (unpaired) electrons. The molecule has 0 aliphatic carbocycles. The maximum Gasteiger partial charge on any atom is 0.282 e. The number of carbonyl (C=O) groups is 2. The van der Waals surface area contributed by atoms with E-state index in [-0.39, 0.29) is 30.2 Å². The first kappa shape index (κ1) is 16.9. The lowest BCUT2D eigenvalue weighted by atomic mass is 10.0. The third-order valence-corrected chi connectivity index (χ3v) is 4.43. The average Bonchev–Trinajstić information content (AvgIpc) is 2.92. The number of aromatic nitrogens is 2. The van der Waals surface area contributed by atoms with Crippen molar-refractivity contribution in [3.8, 4) is 0 Å². The van der Waals surface area contributed by atoms with Crippen LogP contribution in [0.25, 0.3) is 0 Å². The minimum Gasteiger partial charge on any atom is -0.335 e. The van der Waals surface area contributed by atoms with E-state index in [0.29, 0.717) is 19.5 Å². The Morgan fingerprint density at radius 1 is 1.29 bits per heavy atom. The van der Waals surface area contributed by atoms with Gasteiger partial charge in [-0.2, -0.15) is 5.10 Å². The third kappa shape index (κ3) is 3.42. The molecule has 3 heterocycles. The fourth-order valence-corrected chi connectivity index (χ4v) is 3.23. The summed E-state index contributed by atoms with van der Waals surface area (Å²) in [6.07, 6.45) is 2.17. The zero-order valence-electron chi connectivity index (χ0n) is 13.9. The number of nitrogens with zero attached hydrogens (tertiary/aromatic N) is 4. The molecule has 0 bridgehead atoms. The van der Waals surface area contributed by atoms with Crippen LogP contribution in [0.2, 0.25) is 0 Å². The normalized spacial score (nSPS) is 22.3. The van der Waals surface area contributed by atoms with Gasteiger partial charge in [-0.25, -0.2) is 8.78 Å². The minimum atomic E-state index is -2.77. The van der Waals surface area contributed by atoms with E-state index in [4.69, 9.17) is 0 Å². The van der Waals surface area contributed by atoms with Crippen molar-refractivity contribution in [2.45, 2.75) is 45.2 Å². The van der Waals surface area contributed by atoms with Gasteiger partial charge < -0.3 is 9.80 Å². The Kier molecular flexibility index (Phi) is 4.31. The van der Waals surface area contributed by atoms with Crippen LogP contribution in [-0.4, -0.2) is 57.0 Å². The highest BCUT2D eigenvalue weighted by atomic mass is 19.3. The zero-order valence-corrected chi connectivity index (χ0v) is 13.9. The van der Waals surface area contributed by atoms with E-state index in [0.717, 1.165) is 10.6 Å². The van der Waals surface area contributed by atoms with Crippen molar-refractivity contribution < 1.29 is 18.4 Å². The van der Waals surface area contributed by atoms with Crippen molar-refractivity contribution >= 4 is 11.8 Å². The molecule has 1 fully saturated rings. The fourth-order valence-electron chi connectivity index (χ4n) is 3.23. The van der Waals surface area contributed by atoms with E-state index in [9.17, 15) is 18.4 Å². The first-order valence-corrected chi connectivity index (χ1v) is 8.21. The molecule has 1 aromatic heterocycles. The molecule has 24 heavy (non-hydrogen) atoms. The molecule has 8 heteroatoms. The third-order valence-electron chi connectivity index (χ3n) is 4.43. The molecule has 1 saturated heterocycles. The van der Waals surface area contributed by atoms with Gasteiger partial charge in [-0.05, 0) is 12.0 Å². The number of alkyl halides is 2. The molecule has 1 aromatic rings. The van der Waals surface area contributed by atoms with Crippen LogP contribution >= 0.6 is 0 Å². The predicted molar refractivity (Wildman–Crippen MR) is 82.3 cm³/mol. The fraction of sp³-hybridized carbons (Fsp3) is 0.688. The van der Waals surface area contributed by atoms with Gasteiger partial charge in [0.05, 0.1) is 37.8 Å². The molecule has 0 N–H and O–H groups in total. The first-order valence-electron chi connectivity index (χ1n) is 8.21. The lowest BCUT2D eigenvalue weighted by Crippen LogP contribution is -2.59. The van der Waals surface area contributed by atoms with Gasteiger partial charge >= 0.3 is 0 Å². The summed E-state index contributed by atoms with van der Waals surface area (Å²) in [6.45, 7) is 3.80. The van der Waals surface area contributed by atoms with Crippen molar-refractivity contribution in [3.05, 3.63) is 18.0 Å². The molecule has 0 spiro atoms. The number of halogens is 2. The summed E-state index contributed by atoms with van der Waals surface area (Å²) in [4.78, 5) is 27.5. The maximum atomic E-state index is 12.9. The molecule has 6 nitrogen and oxygen atoms in total. The van der Waals surface area contributed by atoms with Crippen LogP contribution in [-0.2, 0) is 16.1 Å². The molecule has 0 aromatic carbocycles. The Hall–Kier alpha value is -1.99. The Morgan fingerprint density at radius 3 is 2.62 bits per heavy atom. The summed E-state index contributed by atoms with van der Waals surface area (Å²) in [5, 5.41) is 4.24. The second-order valence-corrected chi connectivity index (χ2v) is 7.10. The highest BCUT2D eigenvalue weighted by Crippen LogP contribution is 2.30. The van der Waals surface area contributed by atoms with Crippen molar-refractivity contribution in [2.24, 2.45) is 5.92 Å². The molecular formula is C16H22F2N4O2. The molecule has 1 atom stereocenters. The van der Waals surface area contributed by atoms with Gasteiger partial charge in [-0.3, -0.25) is 14.3 Å². The maximum absolute atomic E-state index is 12.9. The van der Waals surface area contributed by atoms with E-state index in [1.54, 1.807) is 15.8 Å². The summed E-state index contributed by atoms with van der Waals surface area (Å²) in [7, 11) is 0. The van der Waals surface area contributed by atoms with Crippen molar-refractivity contribution in [1.82, 2.24) is 19.6 Å². The smallest absolute Gasteiger partial charge is 0.282 e. The highest BCUT2D eigenvalue weighted by molar-refractivity contribution is 5.79. The number of rotatable bonds is 4. The SMILES string of the molecule is CC(C)CC(=O)N1Cc2ccnn2C(CC(=O)N2CC(F)(F)C2)C1. The van der Waals surface area contributed by atoms with Gasteiger partial charge in [-0.1, -0.05) is 13.8 Å². The highest BCUT2D eigenvalue weighted by Gasteiger charge is 2.46. The van der Waals surface area contributed by atoms with E-state index in [2.05, 4.69) is 5.10 Å². The monoisotopic (exact) mass is 340 g/mol. The van der Waals surface area contributed by atoms with E-state index in [1.165, 1.54) is 0 Å². The Balaban J connectivity index is 1.68. The number of amides is 2. The zero-order chi connectivity index (χ0) is 17.5. The molecule has 0 saturated carbocycles. The van der Waals surface area contributed by atoms with E-state index in [1.807, 2.05) is 19.9 Å². The minimum absolute atomic E-state index is 0.0467. The van der Waals surface area contributed by atoms with Gasteiger partial charge in [0.25, 0.3) is 5.92 Å². The molecular weight excluding hydrogens is 318 g/mol. The molecule has 3 rings (SSSR count). The molecule has 1 unspecified atom stereocenters. The summed E-state index contributed by atoms with van der Waals surface area (Å²) < 4.78 is 27.6. The Morgan fingerprint density at radius 2 is 2.00 bits per heavy atom. The predicted octanol–water partition coefficient (Wildman–Crippen LogP) is 1.68. The standard InChI is InChI=1S/C16H22F2N4O2/c1-11(2)5-14(23)20-7-12-3-4-19-22(12)13(8-20)6-15(24)21-9-16(17,18)10-21/h3-4,11,13H,5-10H2,1-2H3. The van der Waals surface area contributed by atoms with Crippen LogP contribution in [0.5, 0.6) is 0 Å². The summed E-state index contributed by atoms with van der Waals surface area (Å²) in [5.41, 5.74) is 0.866. The lowest BCUT2D eigenvalue weighted by molar-refractivity contribution is -0.166. The topological polar surface area (TPSA) is 58.4 Å². The quantitative estimate of drug-likeness (QED) is 0.838. The number of hydrogen-bond acceptors (Lipinski definition) is 3. The van der Waals surface area contributed by atoms with E-state index >= 15 is 0 Å². The number of fused-ring (bicyclic) bond motifs is 1. The summed E-state index contributed by atoms with van der Waals surface area (Å²) in [6, 6.07) is 1.52. The van der Waals surface area contributed by atoms with E-state index < -0.39 is 19.0 Å². The van der Waals surface area contributed by atoms with Crippen LogP contribution in [0.1, 0.15) is 38.4 Å². The second kappa shape index (κ2) is 6.14. The average molecular weight is 340 g/mol. The van der Waals surface area contributed by atoms with Gasteiger partial charge in [0.2, 0.25) is 11.8 Å². The summed E-state index contributed by atoms with van der Waals surface area (Å²) >= 11 is 0. The largest absolute Gasteiger partial charge is 0.335 e. The van der Waals surface area contributed by atoms with Crippen LogP contribution in [0.4, 0.5) is 8.78 Å².